The van der Waals surface area contributed by atoms with Crippen LogP contribution in [-0.4, -0.2) is 38.5 Å². The molecule has 0 unspecified atom stereocenters. The molecule has 3 heterocycles. The summed E-state index contributed by atoms with van der Waals surface area (Å²) >= 11 is 0. The number of imidazole rings is 1. The van der Waals surface area contributed by atoms with Crippen LogP contribution in [0.25, 0.3) is 10.9 Å². The predicted molar refractivity (Wildman–Crippen MR) is 101 cm³/mol. The standard InChI is InChI=1S/C21H22N4O2/c26-21(17-9-16-3-1-2-4-18(16)22-10-17)24-7-8-25-14-23-19(20(25)11-24)13-27-12-15-5-6-15/h1-4,9-10,14-15H,5-8,11-13H2. The topological polar surface area (TPSA) is 60.2 Å². The number of fused-ring (bicyclic) bond motifs is 2. The predicted octanol–water partition coefficient (Wildman–Crippen LogP) is 3.01. The lowest BCUT2D eigenvalue weighted by Gasteiger charge is -2.29. The van der Waals surface area contributed by atoms with Crippen molar-refractivity contribution in [1.29, 1.82) is 0 Å². The molecule has 0 N–H and O–H groups in total. The van der Waals surface area contributed by atoms with Crippen LogP contribution < -0.4 is 0 Å². The summed E-state index contributed by atoms with van der Waals surface area (Å²) in [6.07, 6.45) is 6.10. The van der Waals surface area contributed by atoms with Gasteiger partial charge in [0.2, 0.25) is 0 Å². The molecule has 0 atom stereocenters. The van der Waals surface area contributed by atoms with Gasteiger partial charge in [0, 0.05) is 31.3 Å². The van der Waals surface area contributed by atoms with E-state index in [4.69, 9.17) is 4.74 Å². The van der Waals surface area contributed by atoms with Crippen LogP contribution in [0.5, 0.6) is 0 Å². The maximum absolute atomic E-state index is 13.0. The van der Waals surface area contributed by atoms with Gasteiger partial charge >= 0.3 is 0 Å². The Morgan fingerprint density at radius 1 is 1.19 bits per heavy atom. The van der Waals surface area contributed by atoms with E-state index in [9.17, 15) is 4.79 Å². The van der Waals surface area contributed by atoms with E-state index in [1.54, 1.807) is 6.20 Å². The van der Waals surface area contributed by atoms with Crippen LogP contribution in [0.15, 0.2) is 42.9 Å². The van der Waals surface area contributed by atoms with Crippen molar-refractivity contribution in [3.63, 3.8) is 0 Å². The number of pyridine rings is 1. The van der Waals surface area contributed by atoms with Gasteiger partial charge in [-0.3, -0.25) is 9.78 Å². The van der Waals surface area contributed by atoms with Crippen molar-refractivity contribution in [3.8, 4) is 0 Å². The molecule has 0 radical (unpaired) electrons. The van der Waals surface area contributed by atoms with Gasteiger partial charge in [-0.15, -0.1) is 0 Å². The van der Waals surface area contributed by atoms with E-state index in [0.29, 0.717) is 25.3 Å². The lowest BCUT2D eigenvalue weighted by atomic mass is 10.1. The average molecular weight is 362 g/mol. The number of carbonyl (C=O) groups is 1. The fourth-order valence-electron chi connectivity index (χ4n) is 3.58. The number of benzene rings is 1. The Hall–Kier alpha value is -2.73. The van der Waals surface area contributed by atoms with Crippen molar-refractivity contribution < 1.29 is 9.53 Å². The summed E-state index contributed by atoms with van der Waals surface area (Å²) in [5.41, 5.74) is 3.57. The third-order valence-electron chi connectivity index (χ3n) is 5.40. The quantitative estimate of drug-likeness (QED) is 0.700. The molecule has 2 aliphatic rings. The highest BCUT2D eigenvalue weighted by molar-refractivity contribution is 5.97. The molecule has 1 saturated carbocycles. The first kappa shape index (κ1) is 16.4. The first-order chi connectivity index (χ1) is 13.3. The Morgan fingerprint density at radius 2 is 2.07 bits per heavy atom. The van der Waals surface area contributed by atoms with Crippen LogP contribution in [0.1, 0.15) is 34.6 Å². The van der Waals surface area contributed by atoms with E-state index >= 15 is 0 Å². The highest BCUT2D eigenvalue weighted by Gasteiger charge is 2.26. The number of nitrogens with zero attached hydrogens (tertiary/aromatic N) is 4. The van der Waals surface area contributed by atoms with Crippen molar-refractivity contribution >= 4 is 16.8 Å². The zero-order valence-electron chi connectivity index (χ0n) is 15.2. The summed E-state index contributed by atoms with van der Waals surface area (Å²) in [7, 11) is 0. The summed E-state index contributed by atoms with van der Waals surface area (Å²) in [5.74, 6) is 0.757. The zero-order valence-corrected chi connectivity index (χ0v) is 15.2. The van der Waals surface area contributed by atoms with Crippen LogP contribution in [0, 0.1) is 5.92 Å². The minimum atomic E-state index is 0.0190. The number of hydrogen-bond acceptors (Lipinski definition) is 4. The molecule has 5 rings (SSSR count). The number of carbonyl (C=O) groups excluding carboxylic acids is 1. The number of rotatable bonds is 5. The molecule has 6 heteroatoms. The second-order valence-corrected chi connectivity index (χ2v) is 7.43. The SMILES string of the molecule is O=C(c1cnc2ccccc2c1)N1CCn2cnc(COCC3CC3)c2C1. The molecule has 1 aliphatic carbocycles. The fourth-order valence-corrected chi connectivity index (χ4v) is 3.58. The molecule has 1 amide bonds. The fraction of sp³-hybridized carbons (Fsp3) is 0.381. The molecule has 138 valence electrons. The first-order valence-electron chi connectivity index (χ1n) is 9.52. The molecule has 0 spiro atoms. The van der Waals surface area contributed by atoms with Crippen molar-refractivity contribution in [2.24, 2.45) is 5.92 Å². The van der Waals surface area contributed by atoms with Gasteiger partial charge in [0.15, 0.2) is 0 Å². The van der Waals surface area contributed by atoms with Gasteiger partial charge in [0.25, 0.3) is 5.91 Å². The number of aromatic nitrogens is 3. The normalized spacial score (nSPS) is 16.5. The Kier molecular flexibility index (Phi) is 4.13. The Bertz CT molecular complexity index is 993. The Labute approximate surface area is 157 Å². The lowest BCUT2D eigenvalue weighted by molar-refractivity contribution is 0.0704. The highest BCUT2D eigenvalue weighted by atomic mass is 16.5. The van der Waals surface area contributed by atoms with Gasteiger partial charge in [-0.2, -0.15) is 0 Å². The summed E-state index contributed by atoms with van der Waals surface area (Å²) < 4.78 is 7.94. The number of para-hydroxylation sites is 1. The number of hydrogen-bond donors (Lipinski definition) is 0. The smallest absolute Gasteiger partial charge is 0.255 e. The van der Waals surface area contributed by atoms with E-state index in [0.717, 1.165) is 41.4 Å². The van der Waals surface area contributed by atoms with Crippen molar-refractivity contribution in [2.75, 3.05) is 13.2 Å². The summed E-state index contributed by atoms with van der Waals surface area (Å²) in [5, 5.41) is 0.986. The average Bonchev–Trinajstić information content (AvgIpc) is 3.46. The minimum absolute atomic E-state index is 0.0190. The third kappa shape index (κ3) is 3.32. The number of amides is 1. The van der Waals surface area contributed by atoms with Crippen molar-refractivity contribution in [1.82, 2.24) is 19.4 Å². The molecular weight excluding hydrogens is 340 g/mol. The molecule has 1 fully saturated rings. The minimum Gasteiger partial charge on any atom is -0.375 e. The summed E-state index contributed by atoms with van der Waals surface area (Å²) in [6.45, 7) is 3.35. The maximum Gasteiger partial charge on any atom is 0.255 e. The molecule has 1 aliphatic heterocycles. The van der Waals surface area contributed by atoms with Crippen LogP contribution in [0.3, 0.4) is 0 Å². The highest BCUT2D eigenvalue weighted by Crippen LogP contribution is 2.29. The van der Waals surface area contributed by atoms with Crippen LogP contribution >= 0.6 is 0 Å². The van der Waals surface area contributed by atoms with Gasteiger partial charge < -0.3 is 14.2 Å². The monoisotopic (exact) mass is 362 g/mol. The Morgan fingerprint density at radius 3 is 2.96 bits per heavy atom. The van der Waals surface area contributed by atoms with Gasteiger partial charge in [-0.05, 0) is 30.9 Å². The van der Waals surface area contributed by atoms with Crippen molar-refractivity contribution in [2.45, 2.75) is 32.5 Å². The lowest BCUT2D eigenvalue weighted by Crippen LogP contribution is -2.38. The molecule has 2 aromatic heterocycles. The second-order valence-electron chi connectivity index (χ2n) is 7.43. The van der Waals surface area contributed by atoms with E-state index in [-0.39, 0.29) is 5.91 Å². The molecular formula is C21H22N4O2. The van der Waals surface area contributed by atoms with Gasteiger partial charge in [0.05, 0.1) is 41.9 Å². The van der Waals surface area contributed by atoms with Crippen LogP contribution in [0.2, 0.25) is 0 Å². The van der Waals surface area contributed by atoms with E-state index in [1.165, 1.54) is 12.8 Å². The molecule has 6 nitrogen and oxygen atoms in total. The van der Waals surface area contributed by atoms with Crippen LogP contribution in [-0.2, 0) is 24.4 Å². The van der Waals surface area contributed by atoms with Crippen LogP contribution in [0.4, 0.5) is 0 Å². The summed E-state index contributed by atoms with van der Waals surface area (Å²) in [6, 6.07) is 9.79. The molecule has 3 aromatic rings. The molecule has 1 aromatic carbocycles. The van der Waals surface area contributed by atoms with E-state index in [2.05, 4.69) is 14.5 Å². The maximum atomic E-state index is 13.0. The van der Waals surface area contributed by atoms with E-state index < -0.39 is 0 Å². The van der Waals surface area contributed by atoms with Crippen molar-refractivity contribution in [3.05, 3.63) is 59.8 Å². The second kappa shape index (κ2) is 6.78. The zero-order chi connectivity index (χ0) is 18.2. The van der Waals surface area contributed by atoms with Gasteiger partial charge in [-0.25, -0.2) is 4.98 Å². The third-order valence-corrected chi connectivity index (χ3v) is 5.40. The Balaban J connectivity index is 1.32. The largest absolute Gasteiger partial charge is 0.375 e. The number of ether oxygens (including phenoxy) is 1. The summed E-state index contributed by atoms with van der Waals surface area (Å²) in [4.78, 5) is 23.8. The van der Waals surface area contributed by atoms with Gasteiger partial charge in [0.1, 0.15) is 0 Å². The molecule has 0 saturated heterocycles. The molecule has 0 bridgehead atoms. The molecule has 27 heavy (non-hydrogen) atoms. The van der Waals surface area contributed by atoms with E-state index in [1.807, 2.05) is 41.6 Å². The first-order valence-corrected chi connectivity index (χ1v) is 9.52. The van der Waals surface area contributed by atoms with Gasteiger partial charge in [-0.1, -0.05) is 18.2 Å².